The van der Waals surface area contributed by atoms with Crippen molar-refractivity contribution in [3.8, 4) is 22.8 Å². The van der Waals surface area contributed by atoms with Gasteiger partial charge in [-0.2, -0.15) is 0 Å². The van der Waals surface area contributed by atoms with Crippen LogP contribution in [0.4, 0.5) is 0 Å². The molecular weight excluding hydrogens is 333 g/mol. The number of oxazole rings is 1. The van der Waals surface area contributed by atoms with Crippen LogP contribution in [0, 0.1) is 0 Å². The zero-order valence-corrected chi connectivity index (χ0v) is 12.7. The molecule has 0 aliphatic carbocycles. The van der Waals surface area contributed by atoms with E-state index in [1.54, 1.807) is 18.2 Å². The Bertz CT molecular complexity index is 811. The molecule has 0 saturated carbocycles. The first-order valence-electron chi connectivity index (χ1n) is 5.81. The van der Waals surface area contributed by atoms with Gasteiger partial charge in [0.15, 0.2) is 11.5 Å². The Kier molecular flexibility index (Phi) is 3.71. The Morgan fingerprint density at radius 3 is 2.52 bits per heavy atom. The van der Waals surface area contributed by atoms with Gasteiger partial charge in [-0.1, -0.05) is 41.4 Å². The fourth-order valence-electron chi connectivity index (χ4n) is 1.85. The lowest BCUT2D eigenvalue weighted by Gasteiger charge is -1.95. The van der Waals surface area contributed by atoms with E-state index in [0.29, 0.717) is 19.8 Å². The van der Waals surface area contributed by atoms with Gasteiger partial charge in [-0.25, -0.2) is 9.78 Å². The van der Waals surface area contributed by atoms with E-state index in [0.717, 1.165) is 11.3 Å². The van der Waals surface area contributed by atoms with Crippen LogP contribution in [0.1, 0.15) is 10.5 Å². The molecule has 0 bridgehead atoms. The summed E-state index contributed by atoms with van der Waals surface area (Å²) in [6, 6.07) is 10.6. The van der Waals surface area contributed by atoms with E-state index in [4.69, 9.17) is 27.6 Å². The maximum Gasteiger partial charge on any atom is 0.358 e. The molecule has 0 radical (unpaired) electrons. The van der Waals surface area contributed by atoms with E-state index in [2.05, 4.69) is 4.98 Å². The number of aromatic nitrogens is 1. The molecule has 0 saturated heterocycles. The van der Waals surface area contributed by atoms with Crippen LogP contribution in [0.3, 0.4) is 0 Å². The summed E-state index contributed by atoms with van der Waals surface area (Å²) in [5.41, 5.74) is 0.924. The van der Waals surface area contributed by atoms with Crippen molar-refractivity contribution in [3.63, 3.8) is 0 Å². The van der Waals surface area contributed by atoms with Crippen LogP contribution in [0.5, 0.6) is 0 Å². The van der Waals surface area contributed by atoms with E-state index >= 15 is 0 Å². The van der Waals surface area contributed by atoms with Crippen molar-refractivity contribution in [1.82, 2.24) is 4.98 Å². The number of aromatic carboxylic acids is 1. The standard InChI is InChI=1S/C14H7Cl2NO3S/c15-9-6-8(12(16)21-9)11-10(14(18)19)17-13(20-11)7-4-2-1-3-5-7/h1-6H,(H,18,19). The number of thiophene rings is 1. The number of carboxylic acids is 1. The molecule has 0 unspecified atom stereocenters. The summed E-state index contributed by atoms with van der Waals surface area (Å²) < 4.78 is 6.42. The van der Waals surface area contributed by atoms with E-state index in [1.807, 2.05) is 18.2 Å². The summed E-state index contributed by atoms with van der Waals surface area (Å²) in [6.45, 7) is 0. The minimum absolute atomic E-state index is 0.106. The first kappa shape index (κ1) is 14.1. The molecule has 0 amide bonds. The molecular formula is C14H7Cl2NO3S. The van der Waals surface area contributed by atoms with Crippen molar-refractivity contribution in [2.24, 2.45) is 0 Å². The van der Waals surface area contributed by atoms with E-state index in [-0.39, 0.29) is 17.3 Å². The van der Waals surface area contributed by atoms with Crippen LogP contribution in [0.2, 0.25) is 8.67 Å². The molecule has 0 spiro atoms. The summed E-state index contributed by atoms with van der Waals surface area (Å²) in [6.07, 6.45) is 0. The highest BCUT2D eigenvalue weighted by Gasteiger charge is 2.24. The molecule has 1 aromatic carbocycles. The van der Waals surface area contributed by atoms with Crippen LogP contribution in [-0.2, 0) is 0 Å². The molecule has 2 aromatic heterocycles. The number of carbonyl (C=O) groups is 1. The third kappa shape index (κ3) is 2.68. The highest BCUT2D eigenvalue weighted by molar-refractivity contribution is 7.20. The third-order valence-electron chi connectivity index (χ3n) is 2.75. The molecule has 4 nitrogen and oxygen atoms in total. The van der Waals surface area contributed by atoms with Gasteiger partial charge in [0.1, 0.15) is 4.34 Å². The SMILES string of the molecule is O=C(O)c1nc(-c2ccccc2)oc1-c1cc(Cl)sc1Cl. The van der Waals surface area contributed by atoms with Gasteiger partial charge in [-0.3, -0.25) is 0 Å². The minimum Gasteiger partial charge on any atom is -0.476 e. The van der Waals surface area contributed by atoms with Crippen molar-refractivity contribution < 1.29 is 14.3 Å². The Labute approximate surface area is 133 Å². The fraction of sp³-hybridized carbons (Fsp3) is 0. The Morgan fingerprint density at radius 2 is 1.95 bits per heavy atom. The minimum atomic E-state index is -1.19. The molecule has 2 heterocycles. The molecule has 0 aliphatic rings. The molecule has 0 atom stereocenters. The summed E-state index contributed by atoms with van der Waals surface area (Å²) in [5, 5.41) is 9.29. The van der Waals surface area contributed by atoms with E-state index in [1.165, 1.54) is 0 Å². The number of carboxylic acid groups (broad SMARTS) is 1. The van der Waals surface area contributed by atoms with Crippen LogP contribution in [0.25, 0.3) is 22.8 Å². The molecule has 106 valence electrons. The van der Waals surface area contributed by atoms with Crippen molar-refractivity contribution in [2.45, 2.75) is 0 Å². The lowest BCUT2D eigenvalue weighted by atomic mass is 10.2. The van der Waals surface area contributed by atoms with Gasteiger partial charge in [0.05, 0.1) is 9.90 Å². The molecule has 0 aliphatic heterocycles. The van der Waals surface area contributed by atoms with Crippen molar-refractivity contribution >= 4 is 40.5 Å². The van der Waals surface area contributed by atoms with Crippen LogP contribution >= 0.6 is 34.5 Å². The summed E-state index contributed by atoms with van der Waals surface area (Å²) in [7, 11) is 0. The maximum atomic E-state index is 11.4. The molecule has 1 N–H and O–H groups in total. The molecule has 21 heavy (non-hydrogen) atoms. The smallest absolute Gasteiger partial charge is 0.358 e. The van der Waals surface area contributed by atoms with Gasteiger partial charge in [0, 0.05) is 5.56 Å². The highest BCUT2D eigenvalue weighted by atomic mass is 35.5. The summed E-state index contributed by atoms with van der Waals surface area (Å²) in [4.78, 5) is 15.4. The van der Waals surface area contributed by atoms with Crippen molar-refractivity contribution in [2.75, 3.05) is 0 Å². The zero-order valence-electron chi connectivity index (χ0n) is 10.3. The number of nitrogens with zero attached hydrogens (tertiary/aromatic N) is 1. The van der Waals surface area contributed by atoms with Gasteiger partial charge in [-0.05, 0) is 18.2 Å². The van der Waals surface area contributed by atoms with E-state index in [9.17, 15) is 9.90 Å². The first-order valence-corrected chi connectivity index (χ1v) is 7.38. The molecule has 3 aromatic rings. The lowest BCUT2D eigenvalue weighted by molar-refractivity contribution is 0.0691. The van der Waals surface area contributed by atoms with Crippen LogP contribution in [0.15, 0.2) is 40.8 Å². The lowest BCUT2D eigenvalue weighted by Crippen LogP contribution is -1.98. The number of hydrogen-bond donors (Lipinski definition) is 1. The number of halogens is 2. The zero-order chi connectivity index (χ0) is 15.0. The summed E-state index contributed by atoms with van der Waals surface area (Å²) in [5.74, 6) is -0.856. The average molecular weight is 340 g/mol. The second-order valence-corrected chi connectivity index (χ2v) is 6.39. The average Bonchev–Trinajstić information content (AvgIpc) is 3.03. The normalized spacial score (nSPS) is 10.8. The van der Waals surface area contributed by atoms with Gasteiger partial charge in [0.25, 0.3) is 0 Å². The van der Waals surface area contributed by atoms with Gasteiger partial charge >= 0.3 is 5.97 Å². The Balaban J connectivity index is 2.18. The van der Waals surface area contributed by atoms with Crippen LogP contribution in [-0.4, -0.2) is 16.1 Å². The van der Waals surface area contributed by atoms with Gasteiger partial charge in [0.2, 0.25) is 5.89 Å². The molecule has 0 fully saturated rings. The van der Waals surface area contributed by atoms with Gasteiger partial charge < -0.3 is 9.52 Å². The van der Waals surface area contributed by atoms with Crippen molar-refractivity contribution in [3.05, 3.63) is 50.8 Å². The topological polar surface area (TPSA) is 63.3 Å². The molecule has 3 rings (SSSR count). The highest BCUT2D eigenvalue weighted by Crippen LogP contribution is 2.40. The quantitative estimate of drug-likeness (QED) is 0.723. The number of rotatable bonds is 3. The monoisotopic (exact) mass is 339 g/mol. The number of benzene rings is 1. The number of hydrogen-bond acceptors (Lipinski definition) is 4. The third-order valence-corrected chi connectivity index (χ3v) is 4.24. The predicted molar refractivity (Wildman–Crippen MR) is 82.2 cm³/mol. The fourth-order valence-corrected chi connectivity index (χ4v) is 3.31. The summed E-state index contributed by atoms with van der Waals surface area (Å²) >= 11 is 13.1. The maximum absolute atomic E-state index is 11.4. The molecule has 7 heteroatoms. The van der Waals surface area contributed by atoms with E-state index < -0.39 is 5.97 Å². The second kappa shape index (κ2) is 5.52. The predicted octanol–water partition coefficient (Wildman–Crippen LogP) is 5.08. The van der Waals surface area contributed by atoms with Gasteiger partial charge in [-0.15, -0.1) is 11.3 Å². The first-order chi connectivity index (χ1) is 10.1. The largest absolute Gasteiger partial charge is 0.476 e. The Morgan fingerprint density at radius 1 is 1.24 bits per heavy atom. The second-order valence-electron chi connectivity index (χ2n) is 4.11. The van der Waals surface area contributed by atoms with Crippen molar-refractivity contribution in [1.29, 1.82) is 0 Å². The van der Waals surface area contributed by atoms with Crippen LogP contribution < -0.4 is 0 Å². The Hall–Kier alpha value is -1.82.